The molecule has 2 rings (SSSR count). The summed E-state index contributed by atoms with van der Waals surface area (Å²) in [5, 5.41) is 0. The number of hydrogen-bond donors (Lipinski definition) is 0. The summed E-state index contributed by atoms with van der Waals surface area (Å²) >= 11 is 0. The number of likely N-dealkylation sites (N-methyl/N-ethyl adjacent to an activating group) is 1. The molecule has 4 nitrogen and oxygen atoms in total. The Balaban J connectivity index is 2.30. The Morgan fingerprint density at radius 3 is 2.78 bits per heavy atom. The molecule has 1 fully saturated rings. The standard InChI is InChI=1S/C14H18N2O2/c1-11-4-5-13(12(8-11)10-17)16-7-3-6-15(2)14(18)9-16/h4-5,8,10H,3,6-7,9H2,1-2H3. The van der Waals surface area contributed by atoms with Gasteiger partial charge < -0.3 is 9.80 Å². The second-order valence-corrected chi connectivity index (χ2v) is 4.77. The molecule has 1 saturated heterocycles. The molecule has 0 aliphatic carbocycles. The molecule has 1 heterocycles. The van der Waals surface area contributed by atoms with Crippen molar-refractivity contribution in [3.05, 3.63) is 29.3 Å². The third kappa shape index (κ3) is 2.53. The molecule has 18 heavy (non-hydrogen) atoms. The number of benzene rings is 1. The molecular formula is C14H18N2O2. The van der Waals surface area contributed by atoms with Crippen LogP contribution in [0.15, 0.2) is 18.2 Å². The Morgan fingerprint density at radius 1 is 1.28 bits per heavy atom. The van der Waals surface area contributed by atoms with Gasteiger partial charge in [-0.3, -0.25) is 9.59 Å². The third-order valence-corrected chi connectivity index (χ3v) is 3.32. The molecule has 96 valence electrons. The van der Waals surface area contributed by atoms with Crippen LogP contribution in [0.5, 0.6) is 0 Å². The van der Waals surface area contributed by atoms with Gasteiger partial charge in [-0.25, -0.2) is 0 Å². The van der Waals surface area contributed by atoms with Crippen molar-refractivity contribution in [3.8, 4) is 0 Å². The summed E-state index contributed by atoms with van der Waals surface area (Å²) in [5.74, 6) is 0.102. The number of carbonyl (C=O) groups is 2. The summed E-state index contributed by atoms with van der Waals surface area (Å²) < 4.78 is 0. The second kappa shape index (κ2) is 5.21. The maximum absolute atomic E-state index is 11.9. The van der Waals surface area contributed by atoms with E-state index in [9.17, 15) is 9.59 Å². The summed E-state index contributed by atoms with van der Waals surface area (Å²) in [5.41, 5.74) is 2.57. The van der Waals surface area contributed by atoms with Gasteiger partial charge in [0.15, 0.2) is 6.29 Å². The molecule has 0 saturated carbocycles. The zero-order valence-corrected chi connectivity index (χ0v) is 10.8. The fraction of sp³-hybridized carbons (Fsp3) is 0.429. The zero-order chi connectivity index (χ0) is 13.1. The maximum Gasteiger partial charge on any atom is 0.241 e. The minimum absolute atomic E-state index is 0.102. The van der Waals surface area contributed by atoms with E-state index in [1.807, 2.05) is 37.1 Å². The molecule has 0 radical (unpaired) electrons. The zero-order valence-electron chi connectivity index (χ0n) is 10.8. The molecule has 0 bridgehead atoms. The number of aryl methyl sites for hydroxylation is 1. The Kier molecular flexibility index (Phi) is 3.65. The Labute approximate surface area is 107 Å². The monoisotopic (exact) mass is 246 g/mol. The van der Waals surface area contributed by atoms with Crippen molar-refractivity contribution in [2.45, 2.75) is 13.3 Å². The van der Waals surface area contributed by atoms with Crippen LogP contribution in [0, 0.1) is 6.92 Å². The lowest BCUT2D eigenvalue weighted by Crippen LogP contribution is -2.34. The highest BCUT2D eigenvalue weighted by Gasteiger charge is 2.20. The quantitative estimate of drug-likeness (QED) is 0.742. The number of amides is 1. The van der Waals surface area contributed by atoms with Crippen molar-refractivity contribution in [3.63, 3.8) is 0 Å². The van der Waals surface area contributed by atoms with E-state index in [4.69, 9.17) is 0 Å². The van der Waals surface area contributed by atoms with Gasteiger partial charge in [0.2, 0.25) is 5.91 Å². The number of carbonyl (C=O) groups excluding carboxylic acids is 2. The molecule has 0 spiro atoms. The first-order valence-electron chi connectivity index (χ1n) is 6.16. The molecule has 1 aliphatic rings. The van der Waals surface area contributed by atoms with Crippen LogP contribution in [-0.4, -0.2) is 43.8 Å². The lowest BCUT2D eigenvalue weighted by Gasteiger charge is -2.23. The van der Waals surface area contributed by atoms with Gasteiger partial charge in [0.1, 0.15) is 0 Å². The van der Waals surface area contributed by atoms with Crippen LogP contribution in [0.3, 0.4) is 0 Å². The number of aldehydes is 1. The van der Waals surface area contributed by atoms with Crippen molar-refractivity contribution in [2.24, 2.45) is 0 Å². The first kappa shape index (κ1) is 12.6. The van der Waals surface area contributed by atoms with Gasteiger partial charge in [0.05, 0.1) is 6.54 Å². The lowest BCUT2D eigenvalue weighted by atomic mass is 10.1. The maximum atomic E-state index is 11.9. The molecule has 0 aromatic heterocycles. The molecule has 1 aromatic rings. The second-order valence-electron chi connectivity index (χ2n) is 4.77. The lowest BCUT2D eigenvalue weighted by molar-refractivity contribution is -0.127. The van der Waals surface area contributed by atoms with Gasteiger partial charge in [0.25, 0.3) is 0 Å². The number of rotatable bonds is 2. The van der Waals surface area contributed by atoms with Crippen LogP contribution in [0.25, 0.3) is 0 Å². The van der Waals surface area contributed by atoms with Crippen LogP contribution < -0.4 is 4.90 Å². The third-order valence-electron chi connectivity index (χ3n) is 3.32. The Morgan fingerprint density at radius 2 is 2.06 bits per heavy atom. The molecule has 0 N–H and O–H groups in total. The first-order valence-corrected chi connectivity index (χ1v) is 6.16. The van der Waals surface area contributed by atoms with Crippen molar-refractivity contribution >= 4 is 17.9 Å². The van der Waals surface area contributed by atoms with Crippen LogP contribution in [-0.2, 0) is 4.79 Å². The van der Waals surface area contributed by atoms with Crippen molar-refractivity contribution in [1.29, 1.82) is 0 Å². The van der Waals surface area contributed by atoms with Gasteiger partial charge in [0, 0.05) is 31.4 Å². The molecular weight excluding hydrogens is 228 g/mol. The normalized spacial score (nSPS) is 16.7. The summed E-state index contributed by atoms with van der Waals surface area (Å²) in [6, 6.07) is 5.76. The van der Waals surface area contributed by atoms with Gasteiger partial charge in [-0.15, -0.1) is 0 Å². The van der Waals surface area contributed by atoms with Gasteiger partial charge >= 0.3 is 0 Å². The smallest absolute Gasteiger partial charge is 0.241 e. The predicted molar refractivity (Wildman–Crippen MR) is 71.0 cm³/mol. The van der Waals surface area contributed by atoms with Crippen LogP contribution in [0.2, 0.25) is 0 Å². The summed E-state index contributed by atoms with van der Waals surface area (Å²) in [7, 11) is 1.82. The van der Waals surface area contributed by atoms with E-state index in [2.05, 4.69) is 0 Å². The molecule has 1 aromatic carbocycles. The largest absolute Gasteiger partial charge is 0.362 e. The topological polar surface area (TPSA) is 40.6 Å². The van der Waals surface area contributed by atoms with E-state index >= 15 is 0 Å². The van der Waals surface area contributed by atoms with Gasteiger partial charge in [-0.1, -0.05) is 11.6 Å². The van der Waals surface area contributed by atoms with Gasteiger partial charge in [-0.05, 0) is 25.5 Å². The fourth-order valence-corrected chi connectivity index (χ4v) is 2.25. The highest BCUT2D eigenvalue weighted by atomic mass is 16.2. The first-order chi connectivity index (χ1) is 8.61. The van der Waals surface area contributed by atoms with Crippen molar-refractivity contribution < 1.29 is 9.59 Å². The SMILES string of the molecule is Cc1ccc(N2CCCN(C)C(=O)C2)c(C=O)c1. The minimum Gasteiger partial charge on any atom is -0.362 e. The molecule has 0 atom stereocenters. The van der Waals surface area contributed by atoms with E-state index in [0.29, 0.717) is 12.1 Å². The number of nitrogens with zero attached hydrogens (tertiary/aromatic N) is 2. The molecule has 1 amide bonds. The average molecular weight is 246 g/mol. The Bertz CT molecular complexity index is 471. The van der Waals surface area contributed by atoms with Crippen LogP contribution in [0.4, 0.5) is 5.69 Å². The van der Waals surface area contributed by atoms with E-state index in [0.717, 1.165) is 37.0 Å². The number of anilines is 1. The number of hydrogen-bond acceptors (Lipinski definition) is 3. The molecule has 0 unspecified atom stereocenters. The van der Waals surface area contributed by atoms with E-state index in [-0.39, 0.29) is 5.91 Å². The highest BCUT2D eigenvalue weighted by Crippen LogP contribution is 2.22. The average Bonchev–Trinajstić information content (AvgIpc) is 2.52. The Hall–Kier alpha value is -1.84. The summed E-state index contributed by atoms with van der Waals surface area (Å²) in [6.45, 7) is 3.89. The predicted octanol–water partition coefficient (Wildman–Crippen LogP) is 1.48. The summed E-state index contributed by atoms with van der Waals surface area (Å²) in [6.07, 6.45) is 1.79. The minimum atomic E-state index is 0.102. The van der Waals surface area contributed by atoms with E-state index < -0.39 is 0 Å². The van der Waals surface area contributed by atoms with Crippen LogP contribution >= 0.6 is 0 Å². The van der Waals surface area contributed by atoms with Crippen LogP contribution in [0.1, 0.15) is 22.3 Å². The highest BCUT2D eigenvalue weighted by molar-refractivity contribution is 5.88. The summed E-state index contributed by atoms with van der Waals surface area (Å²) in [4.78, 5) is 26.7. The molecule has 4 heteroatoms. The van der Waals surface area contributed by atoms with E-state index in [1.54, 1.807) is 4.90 Å². The van der Waals surface area contributed by atoms with Crippen molar-refractivity contribution in [2.75, 3.05) is 31.6 Å². The molecule has 1 aliphatic heterocycles. The van der Waals surface area contributed by atoms with E-state index in [1.165, 1.54) is 0 Å². The van der Waals surface area contributed by atoms with Gasteiger partial charge in [-0.2, -0.15) is 0 Å². The van der Waals surface area contributed by atoms with Crippen molar-refractivity contribution in [1.82, 2.24) is 4.90 Å². The fourth-order valence-electron chi connectivity index (χ4n) is 2.25.